The molecule has 0 aliphatic heterocycles. The van der Waals surface area contributed by atoms with Crippen LogP contribution in [0.5, 0.6) is 11.5 Å². The smallest absolute Gasteiger partial charge is 0.161 e. The van der Waals surface area contributed by atoms with E-state index in [1.54, 1.807) is 30.3 Å². The first kappa shape index (κ1) is 14.1. The van der Waals surface area contributed by atoms with E-state index in [1.165, 1.54) is 26.2 Å². The molecule has 2 aromatic rings. The molecule has 104 valence electrons. The number of Topliss-reactive ketones (excluding diaryl/α,β-unsaturated/α-hetero) is 1. The summed E-state index contributed by atoms with van der Waals surface area (Å²) in [5, 5.41) is 0. The molecule has 20 heavy (non-hydrogen) atoms. The van der Waals surface area contributed by atoms with Crippen LogP contribution in [0.2, 0.25) is 0 Å². The highest BCUT2D eigenvalue weighted by molar-refractivity contribution is 5.94. The molecule has 0 saturated heterocycles. The number of halogens is 1. The van der Waals surface area contributed by atoms with Crippen molar-refractivity contribution < 1.29 is 18.7 Å². The number of carbonyl (C=O) groups is 1. The summed E-state index contributed by atoms with van der Waals surface area (Å²) in [7, 11) is 1.52. The van der Waals surface area contributed by atoms with Gasteiger partial charge in [-0.25, -0.2) is 4.39 Å². The lowest BCUT2D eigenvalue weighted by molar-refractivity contribution is 0.101. The van der Waals surface area contributed by atoms with E-state index in [0.717, 1.165) is 5.56 Å². The highest BCUT2D eigenvalue weighted by atomic mass is 19.1. The maximum absolute atomic E-state index is 12.8. The van der Waals surface area contributed by atoms with Gasteiger partial charge in [0.1, 0.15) is 12.4 Å². The van der Waals surface area contributed by atoms with Crippen LogP contribution in [0.25, 0.3) is 0 Å². The van der Waals surface area contributed by atoms with Crippen molar-refractivity contribution in [1.82, 2.24) is 0 Å². The van der Waals surface area contributed by atoms with E-state index >= 15 is 0 Å². The van der Waals surface area contributed by atoms with Crippen molar-refractivity contribution in [3.8, 4) is 11.5 Å². The molecule has 0 amide bonds. The van der Waals surface area contributed by atoms with Crippen LogP contribution in [0.1, 0.15) is 22.8 Å². The van der Waals surface area contributed by atoms with Gasteiger partial charge in [-0.2, -0.15) is 0 Å². The molecule has 0 bridgehead atoms. The molecule has 0 radical (unpaired) electrons. The Kier molecular flexibility index (Phi) is 4.35. The average molecular weight is 274 g/mol. The summed E-state index contributed by atoms with van der Waals surface area (Å²) in [6, 6.07) is 11.1. The Bertz CT molecular complexity index is 606. The first-order chi connectivity index (χ1) is 9.60. The lowest BCUT2D eigenvalue weighted by Gasteiger charge is -2.11. The van der Waals surface area contributed by atoms with Gasteiger partial charge >= 0.3 is 0 Å². The third-order valence-corrected chi connectivity index (χ3v) is 2.88. The second-order valence-corrected chi connectivity index (χ2v) is 4.34. The maximum atomic E-state index is 12.8. The number of carbonyl (C=O) groups excluding carboxylic acids is 1. The lowest BCUT2D eigenvalue weighted by atomic mass is 10.1. The summed E-state index contributed by atoms with van der Waals surface area (Å²) >= 11 is 0. The number of benzene rings is 2. The largest absolute Gasteiger partial charge is 0.493 e. The minimum absolute atomic E-state index is 0.0339. The molecule has 0 fully saturated rings. The Morgan fingerprint density at radius 2 is 1.80 bits per heavy atom. The van der Waals surface area contributed by atoms with E-state index < -0.39 is 0 Å². The number of rotatable bonds is 5. The van der Waals surface area contributed by atoms with Crippen LogP contribution < -0.4 is 9.47 Å². The highest BCUT2D eigenvalue weighted by Gasteiger charge is 2.08. The third-order valence-electron chi connectivity index (χ3n) is 2.88. The zero-order valence-corrected chi connectivity index (χ0v) is 11.4. The van der Waals surface area contributed by atoms with Crippen molar-refractivity contribution in [2.75, 3.05) is 7.11 Å². The van der Waals surface area contributed by atoms with Gasteiger partial charge in [0.2, 0.25) is 0 Å². The monoisotopic (exact) mass is 274 g/mol. The van der Waals surface area contributed by atoms with E-state index in [9.17, 15) is 9.18 Å². The van der Waals surface area contributed by atoms with Crippen molar-refractivity contribution in [2.24, 2.45) is 0 Å². The van der Waals surface area contributed by atoms with Gasteiger partial charge in [-0.3, -0.25) is 4.79 Å². The first-order valence-corrected chi connectivity index (χ1v) is 6.16. The fourth-order valence-corrected chi connectivity index (χ4v) is 1.75. The quantitative estimate of drug-likeness (QED) is 0.781. The van der Waals surface area contributed by atoms with Gasteiger partial charge in [-0.15, -0.1) is 0 Å². The summed E-state index contributed by atoms with van der Waals surface area (Å²) in [5.74, 6) is 0.729. The van der Waals surface area contributed by atoms with Crippen molar-refractivity contribution in [2.45, 2.75) is 13.5 Å². The summed E-state index contributed by atoms with van der Waals surface area (Å²) in [5.41, 5.74) is 1.42. The number of methoxy groups -OCH3 is 1. The van der Waals surface area contributed by atoms with Crippen LogP contribution in [0.3, 0.4) is 0 Å². The molecule has 3 nitrogen and oxygen atoms in total. The Balaban J connectivity index is 2.12. The molecule has 0 unspecified atom stereocenters. The van der Waals surface area contributed by atoms with Crippen molar-refractivity contribution in [3.63, 3.8) is 0 Å². The number of hydrogen-bond acceptors (Lipinski definition) is 3. The SMILES string of the molecule is COc1cc(C(C)=O)ccc1OCc1ccc(F)cc1. The van der Waals surface area contributed by atoms with E-state index in [1.807, 2.05) is 0 Å². The topological polar surface area (TPSA) is 35.5 Å². The summed E-state index contributed by atoms with van der Waals surface area (Å²) in [4.78, 5) is 11.3. The second kappa shape index (κ2) is 6.19. The van der Waals surface area contributed by atoms with E-state index in [2.05, 4.69) is 0 Å². The minimum Gasteiger partial charge on any atom is -0.493 e. The van der Waals surface area contributed by atoms with E-state index in [-0.39, 0.29) is 11.6 Å². The van der Waals surface area contributed by atoms with Gasteiger partial charge in [0.05, 0.1) is 7.11 Å². The molecule has 0 N–H and O–H groups in total. The van der Waals surface area contributed by atoms with Crippen LogP contribution in [-0.4, -0.2) is 12.9 Å². The third kappa shape index (κ3) is 3.35. The van der Waals surface area contributed by atoms with Crippen molar-refractivity contribution in [1.29, 1.82) is 0 Å². The molecule has 0 aromatic heterocycles. The predicted octanol–water partition coefficient (Wildman–Crippen LogP) is 3.62. The van der Waals surface area contributed by atoms with Crippen molar-refractivity contribution in [3.05, 3.63) is 59.4 Å². The predicted molar refractivity (Wildman–Crippen MR) is 73.7 cm³/mol. The Labute approximate surface area is 117 Å². The second-order valence-electron chi connectivity index (χ2n) is 4.34. The molecule has 2 rings (SSSR count). The van der Waals surface area contributed by atoms with Crippen LogP contribution >= 0.6 is 0 Å². The molecule has 4 heteroatoms. The van der Waals surface area contributed by atoms with Gasteiger partial charge in [-0.05, 0) is 42.8 Å². The van der Waals surface area contributed by atoms with Crippen LogP contribution in [0.4, 0.5) is 4.39 Å². The standard InChI is InChI=1S/C16H15FO3/c1-11(18)13-5-8-15(16(9-13)19-2)20-10-12-3-6-14(17)7-4-12/h3-9H,10H2,1-2H3. The average Bonchev–Trinajstić information content (AvgIpc) is 2.46. The summed E-state index contributed by atoms with van der Waals surface area (Å²) < 4.78 is 23.6. The van der Waals surface area contributed by atoms with Gasteiger partial charge in [0.15, 0.2) is 17.3 Å². The normalized spacial score (nSPS) is 10.2. The Morgan fingerprint density at radius 1 is 1.10 bits per heavy atom. The molecule has 0 heterocycles. The number of hydrogen-bond donors (Lipinski definition) is 0. The molecule has 0 aliphatic carbocycles. The zero-order chi connectivity index (χ0) is 14.5. The molecule has 0 aliphatic rings. The fourth-order valence-electron chi connectivity index (χ4n) is 1.75. The van der Waals surface area contributed by atoms with Gasteiger partial charge < -0.3 is 9.47 Å². The van der Waals surface area contributed by atoms with Gasteiger partial charge in [0.25, 0.3) is 0 Å². The highest BCUT2D eigenvalue weighted by Crippen LogP contribution is 2.29. The fraction of sp³-hybridized carbons (Fsp3) is 0.188. The number of ketones is 1. The minimum atomic E-state index is -0.280. The summed E-state index contributed by atoms with van der Waals surface area (Å²) in [6.45, 7) is 1.80. The maximum Gasteiger partial charge on any atom is 0.161 e. The van der Waals surface area contributed by atoms with Gasteiger partial charge in [0, 0.05) is 5.56 Å². The first-order valence-electron chi connectivity index (χ1n) is 6.16. The van der Waals surface area contributed by atoms with Crippen LogP contribution in [0, 0.1) is 5.82 Å². The molecule has 2 aromatic carbocycles. The van der Waals surface area contributed by atoms with Gasteiger partial charge in [-0.1, -0.05) is 12.1 Å². The molecule has 0 saturated carbocycles. The van der Waals surface area contributed by atoms with Crippen LogP contribution in [-0.2, 0) is 6.61 Å². The Hall–Kier alpha value is -2.36. The van der Waals surface area contributed by atoms with Crippen LogP contribution in [0.15, 0.2) is 42.5 Å². The van der Waals surface area contributed by atoms with E-state index in [4.69, 9.17) is 9.47 Å². The lowest BCUT2D eigenvalue weighted by Crippen LogP contribution is -2.00. The molecule has 0 atom stereocenters. The number of ether oxygens (including phenoxy) is 2. The van der Waals surface area contributed by atoms with Crippen molar-refractivity contribution >= 4 is 5.78 Å². The zero-order valence-electron chi connectivity index (χ0n) is 11.4. The van der Waals surface area contributed by atoms with E-state index in [0.29, 0.717) is 23.7 Å². The summed E-state index contributed by atoms with van der Waals surface area (Å²) in [6.07, 6.45) is 0. The Morgan fingerprint density at radius 3 is 2.40 bits per heavy atom. The molecule has 0 spiro atoms. The molecular formula is C16H15FO3. The molecular weight excluding hydrogens is 259 g/mol.